The van der Waals surface area contributed by atoms with Crippen molar-refractivity contribution in [3.8, 4) is 0 Å². The van der Waals surface area contributed by atoms with Crippen molar-refractivity contribution in [2.45, 2.75) is 96.5 Å². The molecular formula is C25H44N2O4. The number of hydrogen-bond donors (Lipinski definition) is 2. The molecule has 0 spiro atoms. The van der Waals surface area contributed by atoms with Gasteiger partial charge in [0.25, 0.3) is 6.47 Å². The summed E-state index contributed by atoms with van der Waals surface area (Å²) in [5.74, 6) is 0.612. The van der Waals surface area contributed by atoms with E-state index in [9.17, 15) is 5.11 Å². The van der Waals surface area contributed by atoms with Crippen molar-refractivity contribution in [2.24, 2.45) is 0 Å². The fraction of sp³-hybridized carbons (Fsp3) is 0.720. The Morgan fingerprint density at radius 1 is 1.00 bits per heavy atom. The standard InChI is InChI=1S/C24H42N2O2.CH2O2/c1-3-4-5-6-7-8-9-10-11-12-13-14-15-18-26-20-22(25(2)21-26)24(27)23-17-16-19-28-23;2-1-3/h16-17,19-20,24,27H,3-15,18,21H2,1-2H3;1H,(H,2,3). The van der Waals surface area contributed by atoms with E-state index in [0.717, 1.165) is 18.9 Å². The van der Waals surface area contributed by atoms with E-state index < -0.39 is 6.10 Å². The molecule has 6 nitrogen and oxygen atoms in total. The van der Waals surface area contributed by atoms with Crippen LogP contribution in [0.15, 0.2) is 34.7 Å². The minimum atomic E-state index is -0.670. The molecule has 2 N–H and O–H groups in total. The summed E-state index contributed by atoms with van der Waals surface area (Å²) >= 11 is 0. The number of carboxylic acid groups (broad SMARTS) is 1. The van der Waals surface area contributed by atoms with Crippen molar-refractivity contribution < 1.29 is 19.4 Å². The third-order valence-corrected chi connectivity index (χ3v) is 5.79. The molecule has 0 aromatic carbocycles. The van der Waals surface area contributed by atoms with Gasteiger partial charge in [0, 0.05) is 19.8 Å². The van der Waals surface area contributed by atoms with Crippen molar-refractivity contribution in [2.75, 3.05) is 20.3 Å². The summed E-state index contributed by atoms with van der Waals surface area (Å²) in [6.07, 6.45) is 21.1. The predicted octanol–water partition coefficient (Wildman–Crippen LogP) is 6.15. The molecule has 1 unspecified atom stereocenters. The van der Waals surface area contributed by atoms with Gasteiger partial charge in [-0.3, -0.25) is 4.79 Å². The quantitative estimate of drug-likeness (QED) is 0.239. The molecule has 0 aliphatic carbocycles. The van der Waals surface area contributed by atoms with Gasteiger partial charge >= 0.3 is 0 Å². The molecule has 1 aromatic rings. The van der Waals surface area contributed by atoms with E-state index in [1.54, 1.807) is 6.26 Å². The Hall–Kier alpha value is -1.95. The Morgan fingerprint density at radius 2 is 1.52 bits per heavy atom. The summed E-state index contributed by atoms with van der Waals surface area (Å²) in [6.45, 7) is 3.95. The van der Waals surface area contributed by atoms with Crippen LogP contribution in [-0.2, 0) is 4.79 Å². The first-order chi connectivity index (χ1) is 15.1. The number of carbonyl (C=O) groups is 1. The fourth-order valence-electron chi connectivity index (χ4n) is 4.02. The zero-order valence-corrected chi connectivity index (χ0v) is 19.7. The van der Waals surface area contributed by atoms with E-state index in [2.05, 4.69) is 22.9 Å². The van der Waals surface area contributed by atoms with Gasteiger partial charge in [-0.05, 0) is 18.6 Å². The van der Waals surface area contributed by atoms with Gasteiger partial charge in [-0.2, -0.15) is 0 Å². The summed E-state index contributed by atoms with van der Waals surface area (Å²) in [5, 5.41) is 17.3. The maximum absolute atomic E-state index is 10.5. The first-order valence-corrected chi connectivity index (χ1v) is 12.1. The highest BCUT2D eigenvalue weighted by molar-refractivity contribution is 5.32. The van der Waals surface area contributed by atoms with Crippen LogP contribution in [0.5, 0.6) is 0 Å². The molecule has 2 rings (SSSR count). The molecule has 1 aromatic heterocycles. The summed E-state index contributed by atoms with van der Waals surface area (Å²) in [5.41, 5.74) is 0.921. The zero-order valence-electron chi connectivity index (χ0n) is 19.7. The molecular weight excluding hydrogens is 392 g/mol. The van der Waals surface area contributed by atoms with Gasteiger partial charge in [0.05, 0.1) is 18.6 Å². The van der Waals surface area contributed by atoms with Crippen LogP contribution in [0.25, 0.3) is 0 Å². The number of unbranched alkanes of at least 4 members (excludes halogenated alkanes) is 12. The van der Waals surface area contributed by atoms with E-state index >= 15 is 0 Å². The smallest absolute Gasteiger partial charge is 0.290 e. The van der Waals surface area contributed by atoms with E-state index in [1.807, 2.05) is 19.2 Å². The number of nitrogens with zero attached hydrogens (tertiary/aromatic N) is 2. The topological polar surface area (TPSA) is 77.2 Å². The molecule has 0 bridgehead atoms. The van der Waals surface area contributed by atoms with Crippen molar-refractivity contribution in [3.63, 3.8) is 0 Å². The summed E-state index contributed by atoms with van der Waals surface area (Å²) < 4.78 is 5.34. The Balaban J connectivity index is 0.00000151. The van der Waals surface area contributed by atoms with Gasteiger partial charge in [0.1, 0.15) is 5.76 Å². The summed E-state index contributed by atoms with van der Waals surface area (Å²) in [7, 11) is 2.03. The second kappa shape index (κ2) is 17.7. The highest BCUT2D eigenvalue weighted by Gasteiger charge is 2.25. The highest BCUT2D eigenvalue weighted by atomic mass is 16.4. The van der Waals surface area contributed by atoms with E-state index in [1.165, 1.54) is 83.5 Å². The number of hydrogen-bond acceptors (Lipinski definition) is 5. The molecule has 178 valence electrons. The van der Waals surface area contributed by atoms with Crippen LogP contribution in [0.1, 0.15) is 102 Å². The van der Waals surface area contributed by atoms with Crippen LogP contribution >= 0.6 is 0 Å². The van der Waals surface area contributed by atoms with Crippen LogP contribution in [-0.4, -0.2) is 46.7 Å². The van der Waals surface area contributed by atoms with Crippen LogP contribution in [0, 0.1) is 0 Å². The van der Waals surface area contributed by atoms with Crippen molar-refractivity contribution in [1.82, 2.24) is 9.80 Å². The normalized spacial score (nSPS) is 14.2. The Labute approximate surface area is 188 Å². The van der Waals surface area contributed by atoms with Crippen LogP contribution in [0.4, 0.5) is 0 Å². The lowest BCUT2D eigenvalue weighted by molar-refractivity contribution is -0.122. The molecule has 0 saturated carbocycles. The van der Waals surface area contributed by atoms with E-state index in [4.69, 9.17) is 14.3 Å². The van der Waals surface area contributed by atoms with Gasteiger partial charge in [0.2, 0.25) is 0 Å². The lowest BCUT2D eigenvalue weighted by Crippen LogP contribution is -2.25. The minimum absolute atomic E-state index is 0.250. The molecule has 2 heterocycles. The number of aliphatic hydroxyl groups is 1. The van der Waals surface area contributed by atoms with E-state index in [0.29, 0.717) is 5.76 Å². The second-order valence-corrected chi connectivity index (χ2v) is 8.47. The third kappa shape index (κ3) is 11.9. The van der Waals surface area contributed by atoms with Gasteiger partial charge in [-0.1, -0.05) is 84.0 Å². The largest absolute Gasteiger partial charge is 0.483 e. The molecule has 6 heteroatoms. The van der Waals surface area contributed by atoms with Crippen LogP contribution in [0.2, 0.25) is 0 Å². The highest BCUT2D eigenvalue weighted by Crippen LogP contribution is 2.28. The molecule has 1 atom stereocenters. The fourth-order valence-corrected chi connectivity index (χ4v) is 4.02. The molecule has 31 heavy (non-hydrogen) atoms. The summed E-state index contributed by atoms with van der Waals surface area (Å²) in [6, 6.07) is 3.65. The Bertz CT molecular complexity index is 574. The van der Waals surface area contributed by atoms with Gasteiger partial charge in [-0.15, -0.1) is 0 Å². The molecule has 1 aliphatic heterocycles. The zero-order chi connectivity index (χ0) is 22.7. The lowest BCUT2D eigenvalue weighted by atomic mass is 10.0. The number of aliphatic hydroxyl groups excluding tert-OH is 1. The second-order valence-electron chi connectivity index (χ2n) is 8.47. The maximum Gasteiger partial charge on any atom is 0.290 e. The monoisotopic (exact) mass is 436 g/mol. The molecule has 0 radical (unpaired) electrons. The van der Waals surface area contributed by atoms with Crippen LogP contribution in [0.3, 0.4) is 0 Å². The van der Waals surface area contributed by atoms with Crippen LogP contribution < -0.4 is 0 Å². The molecule has 1 aliphatic rings. The maximum atomic E-state index is 10.5. The molecule has 0 saturated heterocycles. The lowest BCUT2D eigenvalue weighted by Gasteiger charge is -2.20. The summed E-state index contributed by atoms with van der Waals surface area (Å²) in [4.78, 5) is 12.8. The average Bonchev–Trinajstić information content (AvgIpc) is 3.41. The van der Waals surface area contributed by atoms with Crippen molar-refractivity contribution in [1.29, 1.82) is 0 Å². The van der Waals surface area contributed by atoms with Crippen molar-refractivity contribution >= 4 is 6.47 Å². The Morgan fingerprint density at radius 3 is 2.00 bits per heavy atom. The number of furan rings is 1. The number of rotatable bonds is 16. The van der Waals surface area contributed by atoms with E-state index in [-0.39, 0.29) is 6.47 Å². The first kappa shape index (κ1) is 27.1. The van der Waals surface area contributed by atoms with Gasteiger partial charge in [-0.25, -0.2) is 0 Å². The molecule has 0 fully saturated rings. The molecule has 0 amide bonds. The van der Waals surface area contributed by atoms with Gasteiger partial charge in [0.15, 0.2) is 6.10 Å². The van der Waals surface area contributed by atoms with Gasteiger partial charge < -0.3 is 24.4 Å². The Kier molecular flexibility index (Phi) is 15.5. The SMILES string of the molecule is CCCCCCCCCCCCCCCN1C=C(C(O)c2ccco2)N(C)C1.O=CO. The predicted molar refractivity (Wildman–Crippen MR) is 125 cm³/mol. The van der Waals surface area contributed by atoms with Crippen molar-refractivity contribution in [3.05, 3.63) is 36.1 Å². The average molecular weight is 437 g/mol. The number of likely N-dealkylation sites (N-methyl/N-ethyl adjacent to an activating group) is 1. The third-order valence-electron chi connectivity index (χ3n) is 5.79. The first-order valence-electron chi connectivity index (χ1n) is 12.1. The minimum Gasteiger partial charge on any atom is -0.483 e.